The second-order valence-corrected chi connectivity index (χ2v) is 5.78. The number of benzene rings is 1. The number of nitrogens with one attached hydrogen (secondary N) is 2. The average Bonchev–Trinajstić information content (AvgIpc) is 3.30. The molecule has 122 valence electrons. The molecule has 2 aromatic rings. The quantitative estimate of drug-likeness (QED) is 0.824. The van der Waals surface area contributed by atoms with Gasteiger partial charge >= 0.3 is 0 Å². The summed E-state index contributed by atoms with van der Waals surface area (Å²) in [6.45, 7) is 2.41. The predicted octanol–water partition coefficient (Wildman–Crippen LogP) is 2.84. The van der Waals surface area contributed by atoms with E-state index in [2.05, 4.69) is 15.5 Å². The third-order valence-corrected chi connectivity index (χ3v) is 3.87. The molecule has 3 rings (SSSR count). The van der Waals surface area contributed by atoms with E-state index in [-0.39, 0.29) is 5.91 Å². The summed E-state index contributed by atoms with van der Waals surface area (Å²) < 4.78 is 10.9. The van der Waals surface area contributed by atoms with Crippen LogP contribution in [0.5, 0.6) is 5.75 Å². The van der Waals surface area contributed by atoms with E-state index in [1.807, 2.05) is 24.3 Å². The van der Waals surface area contributed by atoms with E-state index < -0.39 is 6.10 Å². The predicted molar refractivity (Wildman–Crippen MR) is 87.3 cm³/mol. The molecule has 1 saturated carbocycles. The zero-order chi connectivity index (χ0) is 16.2. The SMILES string of the molecule is COc1ccccc1-c1cc(NC(=O)[C@@H](C)OCC2CC2)n[nH]1. The Hall–Kier alpha value is -2.34. The van der Waals surface area contributed by atoms with Gasteiger partial charge in [0.15, 0.2) is 5.82 Å². The zero-order valence-electron chi connectivity index (χ0n) is 13.3. The molecular weight excluding hydrogens is 294 g/mol. The monoisotopic (exact) mass is 315 g/mol. The van der Waals surface area contributed by atoms with E-state index in [1.165, 1.54) is 12.8 Å². The summed E-state index contributed by atoms with van der Waals surface area (Å²) in [6, 6.07) is 9.41. The summed E-state index contributed by atoms with van der Waals surface area (Å²) in [5, 5.41) is 9.81. The highest BCUT2D eigenvalue weighted by Crippen LogP contribution is 2.30. The molecule has 6 nitrogen and oxygen atoms in total. The van der Waals surface area contributed by atoms with E-state index in [4.69, 9.17) is 9.47 Å². The van der Waals surface area contributed by atoms with Gasteiger partial charge < -0.3 is 14.8 Å². The topological polar surface area (TPSA) is 76.2 Å². The Balaban J connectivity index is 1.63. The van der Waals surface area contributed by atoms with Gasteiger partial charge in [-0.15, -0.1) is 0 Å². The fourth-order valence-corrected chi connectivity index (χ4v) is 2.26. The van der Waals surface area contributed by atoms with Crippen molar-refractivity contribution in [3.8, 4) is 17.0 Å². The maximum absolute atomic E-state index is 12.1. The Morgan fingerprint density at radius 1 is 1.43 bits per heavy atom. The molecule has 0 radical (unpaired) electrons. The number of para-hydroxylation sites is 1. The molecule has 6 heteroatoms. The first-order valence-corrected chi connectivity index (χ1v) is 7.78. The molecule has 1 atom stereocenters. The van der Waals surface area contributed by atoms with E-state index in [1.54, 1.807) is 20.1 Å². The highest BCUT2D eigenvalue weighted by atomic mass is 16.5. The van der Waals surface area contributed by atoms with Crippen molar-refractivity contribution in [3.63, 3.8) is 0 Å². The van der Waals surface area contributed by atoms with Crippen molar-refractivity contribution in [2.75, 3.05) is 19.0 Å². The van der Waals surface area contributed by atoms with Crippen LogP contribution in [0.2, 0.25) is 0 Å². The van der Waals surface area contributed by atoms with Crippen LogP contribution in [0, 0.1) is 5.92 Å². The number of ether oxygens (including phenoxy) is 2. The van der Waals surface area contributed by atoms with Crippen LogP contribution in [0.3, 0.4) is 0 Å². The van der Waals surface area contributed by atoms with Gasteiger partial charge in [-0.05, 0) is 37.8 Å². The van der Waals surface area contributed by atoms with Crippen LogP contribution in [-0.4, -0.2) is 35.9 Å². The molecular formula is C17H21N3O3. The third-order valence-electron chi connectivity index (χ3n) is 3.87. The second kappa shape index (κ2) is 6.83. The smallest absolute Gasteiger partial charge is 0.254 e. The van der Waals surface area contributed by atoms with Crippen LogP contribution in [0.4, 0.5) is 5.82 Å². The second-order valence-electron chi connectivity index (χ2n) is 5.78. The minimum absolute atomic E-state index is 0.191. The number of nitrogens with zero attached hydrogens (tertiary/aromatic N) is 1. The number of carbonyl (C=O) groups is 1. The van der Waals surface area contributed by atoms with E-state index >= 15 is 0 Å². The fraction of sp³-hybridized carbons (Fsp3) is 0.412. The molecule has 1 amide bonds. The standard InChI is InChI=1S/C17H21N3O3/c1-11(23-10-12-7-8-12)17(21)18-16-9-14(19-20-16)13-5-3-4-6-15(13)22-2/h3-6,9,11-12H,7-8,10H2,1-2H3,(H2,18,19,20,21)/t11-/m1/s1. The summed E-state index contributed by atoms with van der Waals surface area (Å²) in [7, 11) is 1.62. The first kappa shape index (κ1) is 15.6. The van der Waals surface area contributed by atoms with Gasteiger partial charge in [-0.25, -0.2) is 0 Å². The number of anilines is 1. The maximum atomic E-state index is 12.1. The van der Waals surface area contributed by atoms with Crippen LogP contribution < -0.4 is 10.1 Å². The molecule has 1 aromatic carbocycles. The van der Waals surface area contributed by atoms with Gasteiger partial charge in [-0.2, -0.15) is 5.10 Å². The Morgan fingerprint density at radius 3 is 2.96 bits per heavy atom. The van der Waals surface area contributed by atoms with Crippen molar-refractivity contribution in [3.05, 3.63) is 30.3 Å². The van der Waals surface area contributed by atoms with Gasteiger partial charge in [0.25, 0.3) is 5.91 Å². The Bertz CT molecular complexity index is 679. The lowest BCUT2D eigenvalue weighted by molar-refractivity contribution is -0.126. The van der Waals surface area contributed by atoms with Gasteiger partial charge in [-0.1, -0.05) is 12.1 Å². The first-order valence-electron chi connectivity index (χ1n) is 7.78. The Labute approximate surface area is 135 Å². The van der Waals surface area contributed by atoms with Crippen molar-refractivity contribution in [1.29, 1.82) is 0 Å². The van der Waals surface area contributed by atoms with E-state index in [0.717, 1.165) is 17.0 Å². The molecule has 2 N–H and O–H groups in total. The van der Waals surface area contributed by atoms with Crippen molar-refractivity contribution >= 4 is 11.7 Å². The number of hydrogen-bond donors (Lipinski definition) is 2. The summed E-state index contributed by atoms with van der Waals surface area (Å²) in [6.07, 6.45) is 1.92. The van der Waals surface area contributed by atoms with E-state index in [9.17, 15) is 4.79 Å². The lowest BCUT2D eigenvalue weighted by atomic mass is 10.1. The largest absolute Gasteiger partial charge is 0.496 e. The molecule has 0 unspecified atom stereocenters. The number of hydrogen-bond acceptors (Lipinski definition) is 4. The molecule has 23 heavy (non-hydrogen) atoms. The molecule has 1 aliphatic carbocycles. The van der Waals surface area contributed by atoms with Crippen LogP contribution >= 0.6 is 0 Å². The first-order chi connectivity index (χ1) is 11.2. The summed E-state index contributed by atoms with van der Waals surface area (Å²) in [5.41, 5.74) is 1.67. The van der Waals surface area contributed by atoms with Crippen molar-refractivity contribution < 1.29 is 14.3 Å². The van der Waals surface area contributed by atoms with Crippen LogP contribution in [0.1, 0.15) is 19.8 Å². The number of rotatable bonds is 7. The molecule has 1 heterocycles. The minimum atomic E-state index is -0.484. The van der Waals surface area contributed by atoms with Gasteiger partial charge in [0, 0.05) is 11.6 Å². The number of amides is 1. The number of methoxy groups -OCH3 is 1. The molecule has 1 aliphatic rings. The summed E-state index contributed by atoms with van der Waals surface area (Å²) in [4.78, 5) is 12.1. The number of H-pyrrole nitrogens is 1. The maximum Gasteiger partial charge on any atom is 0.254 e. The Kier molecular flexibility index (Phi) is 4.62. The number of aromatic nitrogens is 2. The van der Waals surface area contributed by atoms with Crippen molar-refractivity contribution in [1.82, 2.24) is 10.2 Å². The fourth-order valence-electron chi connectivity index (χ4n) is 2.26. The lowest BCUT2D eigenvalue weighted by Crippen LogP contribution is -2.28. The summed E-state index contributed by atoms with van der Waals surface area (Å²) >= 11 is 0. The van der Waals surface area contributed by atoms with Crippen LogP contribution in [0.15, 0.2) is 30.3 Å². The minimum Gasteiger partial charge on any atom is -0.496 e. The Morgan fingerprint density at radius 2 is 2.22 bits per heavy atom. The molecule has 0 saturated heterocycles. The number of aromatic amines is 1. The van der Waals surface area contributed by atoms with Gasteiger partial charge in [0.1, 0.15) is 11.9 Å². The summed E-state index contributed by atoms with van der Waals surface area (Å²) in [5.74, 6) is 1.66. The average molecular weight is 315 g/mol. The van der Waals surface area contributed by atoms with Gasteiger partial charge in [0.2, 0.25) is 0 Å². The third kappa shape index (κ3) is 3.90. The van der Waals surface area contributed by atoms with Crippen molar-refractivity contribution in [2.24, 2.45) is 5.92 Å². The number of carbonyl (C=O) groups excluding carboxylic acids is 1. The van der Waals surface area contributed by atoms with Gasteiger partial charge in [0.05, 0.1) is 19.4 Å². The molecule has 0 spiro atoms. The highest BCUT2D eigenvalue weighted by molar-refractivity contribution is 5.93. The molecule has 1 aromatic heterocycles. The highest BCUT2D eigenvalue weighted by Gasteiger charge is 2.24. The van der Waals surface area contributed by atoms with Crippen molar-refractivity contribution in [2.45, 2.75) is 25.9 Å². The van der Waals surface area contributed by atoms with Gasteiger partial charge in [-0.3, -0.25) is 9.89 Å². The van der Waals surface area contributed by atoms with Crippen LogP contribution in [-0.2, 0) is 9.53 Å². The van der Waals surface area contributed by atoms with Crippen LogP contribution in [0.25, 0.3) is 11.3 Å². The normalized spacial score (nSPS) is 15.2. The molecule has 0 bridgehead atoms. The zero-order valence-corrected chi connectivity index (χ0v) is 13.3. The molecule has 1 fully saturated rings. The van der Waals surface area contributed by atoms with E-state index in [0.29, 0.717) is 18.3 Å². The lowest BCUT2D eigenvalue weighted by Gasteiger charge is -2.11. The molecule has 0 aliphatic heterocycles.